The van der Waals surface area contributed by atoms with Crippen LogP contribution in [-0.2, 0) is 0 Å². The Hall–Kier alpha value is -8.65. The van der Waals surface area contributed by atoms with E-state index in [4.69, 9.17) is 23.8 Å². The fraction of sp³-hybridized carbons (Fsp3) is 0. The first kappa shape index (κ1) is 35.8. The Morgan fingerprint density at radius 3 is 1.59 bits per heavy atom. The minimum Gasteiger partial charge on any atom is -0.456 e. The highest BCUT2D eigenvalue weighted by Gasteiger charge is 2.23. The molecule has 0 aliphatic carbocycles. The molecule has 306 valence electrons. The number of para-hydroxylation sites is 3. The Labute approximate surface area is 379 Å². The standard InChI is InChI=1S/C59H32N4O2S/c1-3-12-38-33(10-1)23-29-53-54(38)47-30-35(24-28-52(47)66-53)40-16-9-17-45-46-27-20-34-11-2-4-13-39(34)55(46)63(56(40)45)59-61-57(36-21-25-43-41-14-5-7-18-48(41)64-50(43)31-36)60-58(62-59)37-22-26-44-42-15-6-8-19-49(42)65-51(44)32-37/h1-32H. The number of aromatic nitrogens is 4. The number of rotatable bonds is 4. The number of hydrogen-bond donors (Lipinski definition) is 0. The minimum absolute atomic E-state index is 0.515. The van der Waals surface area contributed by atoms with Gasteiger partial charge in [0.05, 0.1) is 11.0 Å². The number of furan rings is 2. The van der Waals surface area contributed by atoms with Crippen LogP contribution in [0.1, 0.15) is 0 Å². The minimum atomic E-state index is 0.515. The Kier molecular flexibility index (Phi) is 7.28. The first-order chi connectivity index (χ1) is 32.7. The molecule has 0 amide bonds. The Morgan fingerprint density at radius 2 is 0.879 bits per heavy atom. The summed E-state index contributed by atoms with van der Waals surface area (Å²) < 4.78 is 17.7. The largest absolute Gasteiger partial charge is 0.456 e. The monoisotopic (exact) mass is 860 g/mol. The van der Waals surface area contributed by atoms with Gasteiger partial charge in [-0.1, -0.05) is 140 Å². The number of thiophene rings is 1. The Balaban J connectivity index is 1.04. The van der Waals surface area contributed by atoms with E-state index in [0.717, 1.165) is 98.7 Å². The lowest BCUT2D eigenvalue weighted by molar-refractivity contribution is 0.668. The zero-order valence-corrected chi connectivity index (χ0v) is 35.8. The van der Waals surface area contributed by atoms with Crippen LogP contribution in [0.5, 0.6) is 0 Å². The third-order valence-corrected chi connectivity index (χ3v) is 14.6. The van der Waals surface area contributed by atoms with E-state index in [0.29, 0.717) is 17.6 Å². The fourth-order valence-electron chi connectivity index (χ4n) is 10.4. The van der Waals surface area contributed by atoms with Gasteiger partial charge in [-0.15, -0.1) is 11.3 Å². The van der Waals surface area contributed by atoms with Gasteiger partial charge in [-0.05, 0) is 76.3 Å². The lowest BCUT2D eigenvalue weighted by atomic mass is 9.98. The third kappa shape index (κ3) is 5.14. The summed E-state index contributed by atoms with van der Waals surface area (Å²) in [6.45, 7) is 0. The third-order valence-electron chi connectivity index (χ3n) is 13.4. The van der Waals surface area contributed by atoms with Crippen molar-refractivity contribution in [2.24, 2.45) is 0 Å². The van der Waals surface area contributed by atoms with Crippen molar-refractivity contribution in [2.45, 2.75) is 0 Å². The van der Waals surface area contributed by atoms with Gasteiger partial charge in [-0.3, -0.25) is 4.57 Å². The molecule has 66 heavy (non-hydrogen) atoms. The average molecular weight is 861 g/mol. The van der Waals surface area contributed by atoms with E-state index < -0.39 is 0 Å². The molecule has 6 nitrogen and oxygen atoms in total. The summed E-state index contributed by atoms with van der Waals surface area (Å²) in [5.74, 6) is 1.59. The van der Waals surface area contributed by atoms with E-state index in [-0.39, 0.29) is 0 Å². The summed E-state index contributed by atoms with van der Waals surface area (Å²) in [6, 6.07) is 68.6. The molecule has 0 bridgehead atoms. The van der Waals surface area contributed by atoms with Crippen LogP contribution in [0.15, 0.2) is 203 Å². The molecular weight excluding hydrogens is 829 g/mol. The molecule has 0 atom stereocenters. The first-order valence-electron chi connectivity index (χ1n) is 22.1. The van der Waals surface area contributed by atoms with Crippen LogP contribution in [0.2, 0.25) is 0 Å². The van der Waals surface area contributed by atoms with Gasteiger partial charge >= 0.3 is 0 Å². The van der Waals surface area contributed by atoms with E-state index in [1.807, 2.05) is 47.7 Å². The van der Waals surface area contributed by atoms with Gasteiger partial charge in [-0.2, -0.15) is 9.97 Å². The lowest BCUT2D eigenvalue weighted by Gasteiger charge is -2.14. The molecule has 10 aromatic carbocycles. The summed E-state index contributed by atoms with van der Waals surface area (Å²) in [7, 11) is 0. The van der Waals surface area contributed by atoms with E-state index in [1.165, 1.54) is 30.9 Å². The lowest BCUT2D eigenvalue weighted by Crippen LogP contribution is -2.07. The number of benzene rings is 10. The van der Waals surface area contributed by atoms with Crippen molar-refractivity contribution in [2.75, 3.05) is 0 Å². The van der Waals surface area contributed by atoms with Crippen LogP contribution in [0.25, 0.3) is 147 Å². The van der Waals surface area contributed by atoms with Crippen LogP contribution in [-0.4, -0.2) is 19.5 Å². The van der Waals surface area contributed by atoms with Gasteiger partial charge in [0, 0.05) is 74.6 Å². The van der Waals surface area contributed by atoms with Gasteiger partial charge in [0.15, 0.2) is 11.6 Å². The second-order valence-corrected chi connectivity index (χ2v) is 18.2. The number of hydrogen-bond acceptors (Lipinski definition) is 6. The molecule has 0 radical (unpaired) electrons. The predicted octanol–water partition coefficient (Wildman–Crippen LogP) is 16.4. The van der Waals surface area contributed by atoms with Crippen LogP contribution in [0, 0.1) is 0 Å². The van der Waals surface area contributed by atoms with Crippen molar-refractivity contribution in [1.29, 1.82) is 0 Å². The van der Waals surface area contributed by atoms with E-state index in [2.05, 4.69) is 162 Å². The van der Waals surface area contributed by atoms with Crippen LogP contribution >= 0.6 is 11.3 Å². The molecule has 5 heterocycles. The number of fused-ring (bicyclic) bond motifs is 16. The Bertz CT molecular complexity index is 4420. The summed E-state index contributed by atoms with van der Waals surface area (Å²) in [6.07, 6.45) is 0. The molecule has 0 spiro atoms. The maximum atomic E-state index is 6.42. The van der Waals surface area contributed by atoms with Gasteiger partial charge in [0.25, 0.3) is 0 Å². The smallest absolute Gasteiger partial charge is 0.238 e. The molecule has 0 aliphatic rings. The molecule has 15 aromatic rings. The highest BCUT2D eigenvalue weighted by Crippen LogP contribution is 2.45. The molecular formula is C59H32N4O2S. The van der Waals surface area contributed by atoms with Crippen LogP contribution < -0.4 is 0 Å². The SMILES string of the molecule is c1ccc2c(c1)ccc1sc3ccc(-c4cccc5c6ccc7ccccc7c6n(-c6nc(-c7ccc8c(c7)oc7ccccc78)nc(-c7ccc8c(c7)oc7ccccc78)n6)c45)cc3c12. The first-order valence-corrected chi connectivity index (χ1v) is 22.9. The van der Waals surface area contributed by atoms with Crippen molar-refractivity contribution in [3.05, 3.63) is 194 Å². The van der Waals surface area contributed by atoms with Crippen molar-refractivity contribution in [3.8, 4) is 39.9 Å². The predicted molar refractivity (Wildman–Crippen MR) is 273 cm³/mol. The summed E-state index contributed by atoms with van der Waals surface area (Å²) in [4.78, 5) is 16.2. The van der Waals surface area contributed by atoms with Gasteiger partial charge < -0.3 is 8.83 Å². The van der Waals surface area contributed by atoms with Crippen molar-refractivity contribution in [1.82, 2.24) is 19.5 Å². The van der Waals surface area contributed by atoms with Gasteiger partial charge in [0.1, 0.15) is 22.3 Å². The molecule has 5 aromatic heterocycles. The second-order valence-electron chi connectivity index (χ2n) is 17.1. The molecule has 0 saturated carbocycles. The maximum absolute atomic E-state index is 6.42. The molecule has 0 aliphatic heterocycles. The topological polar surface area (TPSA) is 69.9 Å². The zero-order chi connectivity index (χ0) is 43.0. The fourth-order valence-corrected chi connectivity index (χ4v) is 11.5. The Morgan fingerprint density at radius 1 is 0.348 bits per heavy atom. The summed E-state index contributed by atoms with van der Waals surface area (Å²) in [5.41, 5.74) is 9.14. The molecule has 15 rings (SSSR count). The molecule has 7 heteroatoms. The van der Waals surface area contributed by atoms with E-state index >= 15 is 0 Å². The van der Waals surface area contributed by atoms with Crippen molar-refractivity contribution < 1.29 is 8.83 Å². The van der Waals surface area contributed by atoms with Crippen molar-refractivity contribution >= 4 is 119 Å². The quantitative estimate of drug-likeness (QED) is 0.176. The summed E-state index contributed by atoms with van der Waals surface area (Å²) >= 11 is 1.85. The average Bonchev–Trinajstić information content (AvgIpc) is 4.14. The number of nitrogens with zero attached hydrogens (tertiary/aromatic N) is 4. The summed E-state index contributed by atoms with van der Waals surface area (Å²) in [5, 5.41) is 13.8. The second kappa shape index (κ2) is 13.4. The maximum Gasteiger partial charge on any atom is 0.238 e. The van der Waals surface area contributed by atoms with Gasteiger partial charge in [-0.25, -0.2) is 4.98 Å². The highest BCUT2D eigenvalue weighted by atomic mass is 32.1. The van der Waals surface area contributed by atoms with E-state index in [1.54, 1.807) is 0 Å². The van der Waals surface area contributed by atoms with Gasteiger partial charge in [0.2, 0.25) is 5.95 Å². The molecule has 0 N–H and O–H groups in total. The molecule has 0 unspecified atom stereocenters. The van der Waals surface area contributed by atoms with E-state index in [9.17, 15) is 0 Å². The van der Waals surface area contributed by atoms with Crippen LogP contribution in [0.3, 0.4) is 0 Å². The van der Waals surface area contributed by atoms with Crippen molar-refractivity contribution in [3.63, 3.8) is 0 Å². The normalized spacial score (nSPS) is 12.2. The highest BCUT2D eigenvalue weighted by molar-refractivity contribution is 7.26. The molecule has 0 fully saturated rings. The zero-order valence-electron chi connectivity index (χ0n) is 35.0. The van der Waals surface area contributed by atoms with Crippen LogP contribution in [0.4, 0.5) is 0 Å². The molecule has 0 saturated heterocycles.